The van der Waals surface area contributed by atoms with Gasteiger partial charge in [0.1, 0.15) is 5.75 Å². The van der Waals surface area contributed by atoms with Gasteiger partial charge >= 0.3 is 5.97 Å². The molecular formula is C16H23NO3. The van der Waals surface area contributed by atoms with Crippen LogP contribution >= 0.6 is 0 Å². The minimum Gasteiger partial charge on any atom is -0.496 e. The highest BCUT2D eigenvalue weighted by Gasteiger charge is 2.18. The molecule has 4 nitrogen and oxygen atoms in total. The van der Waals surface area contributed by atoms with Crippen molar-refractivity contribution < 1.29 is 14.6 Å². The predicted octanol–water partition coefficient (Wildman–Crippen LogP) is 2.83. The fraction of sp³-hybridized carbons (Fsp3) is 0.562. The van der Waals surface area contributed by atoms with Gasteiger partial charge in [-0.15, -0.1) is 0 Å². The third kappa shape index (κ3) is 3.51. The molecule has 0 fully saturated rings. The standard InChI is InChI=1S/C16H23NO3/c1-20-15-10-12-6-4-2-3-5-11(12)9-13(15)14(17)7-8-16(18)19/h9-10,14H,2-8,17H2,1H3,(H,18,19). The first kappa shape index (κ1) is 14.9. The summed E-state index contributed by atoms with van der Waals surface area (Å²) in [7, 11) is 1.64. The number of aryl methyl sites for hydroxylation is 2. The minimum atomic E-state index is -0.811. The Hall–Kier alpha value is -1.55. The zero-order valence-corrected chi connectivity index (χ0v) is 12.0. The number of hydrogen-bond donors (Lipinski definition) is 2. The molecule has 1 aromatic carbocycles. The van der Waals surface area contributed by atoms with E-state index in [0.717, 1.165) is 24.2 Å². The number of benzene rings is 1. The summed E-state index contributed by atoms with van der Waals surface area (Å²) in [6.45, 7) is 0. The predicted molar refractivity (Wildman–Crippen MR) is 78.1 cm³/mol. The number of nitrogens with two attached hydrogens (primary N) is 1. The smallest absolute Gasteiger partial charge is 0.303 e. The molecule has 0 heterocycles. The number of carboxylic acid groups (broad SMARTS) is 1. The highest BCUT2D eigenvalue weighted by atomic mass is 16.5. The highest BCUT2D eigenvalue weighted by Crippen LogP contribution is 2.32. The van der Waals surface area contributed by atoms with Gasteiger partial charge in [0, 0.05) is 18.0 Å². The number of fused-ring (bicyclic) bond motifs is 1. The van der Waals surface area contributed by atoms with Gasteiger partial charge in [-0.05, 0) is 49.3 Å². The van der Waals surface area contributed by atoms with Crippen molar-refractivity contribution in [3.63, 3.8) is 0 Å². The summed E-state index contributed by atoms with van der Waals surface area (Å²) in [6, 6.07) is 3.94. The summed E-state index contributed by atoms with van der Waals surface area (Å²) in [4.78, 5) is 10.7. The van der Waals surface area contributed by atoms with Gasteiger partial charge in [0.25, 0.3) is 0 Å². The van der Waals surface area contributed by atoms with Crippen LogP contribution in [0.5, 0.6) is 5.75 Å². The van der Waals surface area contributed by atoms with Crippen LogP contribution < -0.4 is 10.5 Å². The Bertz CT molecular complexity index is 485. The molecule has 2 rings (SSSR count). The largest absolute Gasteiger partial charge is 0.496 e. The van der Waals surface area contributed by atoms with Crippen LogP contribution in [-0.4, -0.2) is 18.2 Å². The molecule has 1 aliphatic carbocycles. The van der Waals surface area contributed by atoms with Crippen molar-refractivity contribution in [2.75, 3.05) is 7.11 Å². The van der Waals surface area contributed by atoms with Gasteiger partial charge in [-0.1, -0.05) is 12.5 Å². The molecule has 1 unspecified atom stereocenters. The van der Waals surface area contributed by atoms with Gasteiger partial charge in [-0.3, -0.25) is 4.79 Å². The highest BCUT2D eigenvalue weighted by molar-refractivity contribution is 5.66. The van der Waals surface area contributed by atoms with Gasteiger partial charge in [-0.2, -0.15) is 0 Å². The van der Waals surface area contributed by atoms with Crippen LogP contribution in [0.3, 0.4) is 0 Å². The van der Waals surface area contributed by atoms with Gasteiger partial charge in [0.15, 0.2) is 0 Å². The number of hydrogen-bond acceptors (Lipinski definition) is 3. The molecule has 0 spiro atoms. The first-order valence-corrected chi connectivity index (χ1v) is 7.29. The van der Waals surface area contributed by atoms with Gasteiger partial charge < -0.3 is 15.6 Å². The molecule has 4 heteroatoms. The topological polar surface area (TPSA) is 72.5 Å². The Balaban J connectivity index is 2.26. The lowest BCUT2D eigenvalue weighted by Crippen LogP contribution is -2.14. The summed E-state index contributed by atoms with van der Waals surface area (Å²) >= 11 is 0. The molecule has 0 radical (unpaired) electrons. The summed E-state index contributed by atoms with van der Waals surface area (Å²) in [5.74, 6) is -0.0160. The maximum Gasteiger partial charge on any atom is 0.303 e. The Kier molecular flexibility index (Phi) is 5.01. The summed E-state index contributed by atoms with van der Waals surface area (Å²) in [5.41, 5.74) is 9.79. The molecule has 1 atom stereocenters. The fourth-order valence-electron chi connectivity index (χ4n) is 2.86. The number of aliphatic carboxylic acids is 1. The Morgan fingerprint density at radius 3 is 2.55 bits per heavy atom. The fourth-order valence-corrected chi connectivity index (χ4v) is 2.86. The third-order valence-corrected chi connectivity index (χ3v) is 4.01. The van der Waals surface area contributed by atoms with Crippen molar-refractivity contribution in [3.05, 3.63) is 28.8 Å². The van der Waals surface area contributed by atoms with E-state index in [1.807, 2.05) is 0 Å². The van der Waals surface area contributed by atoms with E-state index in [9.17, 15) is 4.79 Å². The van der Waals surface area contributed by atoms with Gasteiger partial charge in [-0.25, -0.2) is 0 Å². The number of carboxylic acids is 1. The number of methoxy groups -OCH3 is 1. The molecule has 0 bridgehead atoms. The average molecular weight is 277 g/mol. The average Bonchev–Trinajstić information content (AvgIpc) is 2.67. The van der Waals surface area contributed by atoms with E-state index < -0.39 is 5.97 Å². The van der Waals surface area contributed by atoms with Crippen LogP contribution in [0.2, 0.25) is 0 Å². The summed E-state index contributed by atoms with van der Waals surface area (Å²) in [6.07, 6.45) is 6.39. The molecule has 0 saturated carbocycles. The molecule has 0 aliphatic heterocycles. The summed E-state index contributed by atoms with van der Waals surface area (Å²) in [5, 5.41) is 8.78. The molecule has 0 saturated heterocycles. The molecule has 110 valence electrons. The zero-order valence-electron chi connectivity index (χ0n) is 12.0. The Morgan fingerprint density at radius 2 is 1.95 bits per heavy atom. The van der Waals surface area contributed by atoms with Crippen molar-refractivity contribution in [1.82, 2.24) is 0 Å². The maximum atomic E-state index is 10.7. The van der Waals surface area contributed by atoms with E-state index in [0.29, 0.717) is 6.42 Å². The molecule has 0 amide bonds. The van der Waals surface area contributed by atoms with Crippen molar-refractivity contribution in [1.29, 1.82) is 0 Å². The molecular weight excluding hydrogens is 254 g/mol. The van der Waals surface area contributed by atoms with Crippen molar-refractivity contribution in [2.45, 2.75) is 51.0 Å². The Labute approximate surface area is 119 Å². The molecule has 20 heavy (non-hydrogen) atoms. The van der Waals surface area contributed by atoms with Crippen LogP contribution in [0.15, 0.2) is 12.1 Å². The first-order valence-electron chi connectivity index (χ1n) is 7.29. The van der Waals surface area contributed by atoms with E-state index in [-0.39, 0.29) is 12.5 Å². The molecule has 3 N–H and O–H groups in total. The summed E-state index contributed by atoms with van der Waals surface area (Å²) < 4.78 is 5.45. The monoisotopic (exact) mass is 277 g/mol. The number of rotatable bonds is 5. The van der Waals surface area contributed by atoms with E-state index in [4.69, 9.17) is 15.6 Å². The molecule has 1 aliphatic rings. The maximum absolute atomic E-state index is 10.7. The lowest BCUT2D eigenvalue weighted by atomic mass is 9.94. The quantitative estimate of drug-likeness (QED) is 0.812. The van der Waals surface area contributed by atoms with Crippen LogP contribution in [-0.2, 0) is 17.6 Å². The van der Waals surface area contributed by atoms with E-state index in [1.165, 1.54) is 30.4 Å². The third-order valence-electron chi connectivity index (χ3n) is 4.01. The lowest BCUT2D eigenvalue weighted by Gasteiger charge is -2.18. The minimum absolute atomic E-state index is 0.0847. The van der Waals surface area contributed by atoms with Crippen LogP contribution in [0.25, 0.3) is 0 Å². The van der Waals surface area contributed by atoms with E-state index in [2.05, 4.69) is 12.1 Å². The van der Waals surface area contributed by atoms with Crippen LogP contribution in [0, 0.1) is 0 Å². The molecule has 1 aromatic rings. The second-order valence-electron chi connectivity index (χ2n) is 5.46. The van der Waals surface area contributed by atoms with E-state index >= 15 is 0 Å². The normalized spacial score (nSPS) is 16.1. The Morgan fingerprint density at radius 1 is 1.30 bits per heavy atom. The number of carbonyl (C=O) groups is 1. The van der Waals surface area contributed by atoms with Crippen molar-refractivity contribution in [3.8, 4) is 5.75 Å². The molecule has 0 aromatic heterocycles. The van der Waals surface area contributed by atoms with Gasteiger partial charge in [0.2, 0.25) is 0 Å². The van der Waals surface area contributed by atoms with Crippen LogP contribution in [0.4, 0.5) is 0 Å². The lowest BCUT2D eigenvalue weighted by molar-refractivity contribution is -0.137. The first-order chi connectivity index (χ1) is 9.61. The van der Waals surface area contributed by atoms with E-state index in [1.54, 1.807) is 7.11 Å². The second-order valence-corrected chi connectivity index (χ2v) is 5.46. The zero-order chi connectivity index (χ0) is 14.5. The van der Waals surface area contributed by atoms with Crippen molar-refractivity contribution >= 4 is 5.97 Å². The SMILES string of the molecule is COc1cc2c(cc1C(N)CCC(=O)O)CCCCC2. The number of ether oxygens (including phenoxy) is 1. The van der Waals surface area contributed by atoms with Gasteiger partial charge in [0.05, 0.1) is 7.11 Å². The second kappa shape index (κ2) is 6.75. The van der Waals surface area contributed by atoms with Crippen LogP contribution in [0.1, 0.15) is 54.8 Å². The van der Waals surface area contributed by atoms with Crippen molar-refractivity contribution in [2.24, 2.45) is 5.73 Å².